The molecular weight excluding hydrogens is 190 g/mol. The van der Waals surface area contributed by atoms with Gasteiger partial charge >= 0.3 is 0 Å². The van der Waals surface area contributed by atoms with Gasteiger partial charge in [-0.25, -0.2) is 0 Å². The van der Waals surface area contributed by atoms with Crippen molar-refractivity contribution in [3.05, 3.63) is 0 Å². The highest BCUT2D eigenvalue weighted by atomic mass is 16.3. The van der Waals surface area contributed by atoms with Gasteiger partial charge in [0.05, 0.1) is 18.1 Å². The van der Waals surface area contributed by atoms with Crippen LogP contribution in [0.3, 0.4) is 0 Å². The lowest BCUT2D eigenvalue weighted by Gasteiger charge is -2.27. The van der Waals surface area contributed by atoms with E-state index in [9.17, 15) is 5.11 Å². The van der Waals surface area contributed by atoms with Crippen LogP contribution in [0, 0.1) is 17.2 Å². The van der Waals surface area contributed by atoms with E-state index in [0.29, 0.717) is 12.6 Å². The van der Waals surface area contributed by atoms with Gasteiger partial charge in [-0.1, -0.05) is 0 Å². The number of nitriles is 1. The number of nitrogens with zero attached hydrogens (tertiary/aromatic N) is 3. The number of likely N-dealkylation sites (tertiary alicyclic amines) is 1. The SMILES string of the molecule is CC(C#N)CN1CC(O)CC1CN(C)C. The first kappa shape index (κ1) is 12.4. The maximum atomic E-state index is 9.63. The number of hydrogen-bond donors (Lipinski definition) is 1. The first-order valence-corrected chi connectivity index (χ1v) is 5.49. The third kappa shape index (κ3) is 3.78. The van der Waals surface area contributed by atoms with Crippen molar-refractivity contribution in [2.24, 2.45) is 5.92 Å². The van der Waals surface area contributed by atoms with Gasteiger partial charge in [-0.3, -0.25) is 4.90 Å². The van der Waals surface area contributed by atoms with E-state index in [1.165, 1.54) is 0 Å². The lowest BCUT2D eigenvalue weighted by atomic mass is 10.1. The normalized spacial score (nSPS) is 29.3. The summed E-state index contributed by atoms with van der Waals surface area (Å²) >= 11 is 0. The molecule has 15 heavy (non-hydrogen) atoms. The molecule has 0 aromatic rings. The Morgan fingerprint density at radius 1 is 1.60 bits per heavy atom. The predicted octanol–water partition coefficient (Wildman–Crippen LogP) is 0.143. The summed E-state index contributed by atoms with van der Waals surface area (Å²) in [5.74, 6) is 0.0416. The Morgan fingerprint density at radius 2 is 2.27 bits per heavy atom. The Morgan fingerprint density at radius 3 is 2.80 bits per heavy atom. The molecule has 0 saturated carbocycles. The second-order valence-electron chi connectivity index (χ2n) is 4.79. The van der Waals surface area contributed by atoms with Crippen LogP contribution in [-0.4, -0.2) is 60.8 Å². The molecule has 3 atom stereocenters. The number of aliphatic hydroxyl groups is 1. The van der Waals surface area contributed by atoms with Crippen LogP contribution in [-0.2, 0) is 0 Å². The van der Waals surface area contributed by atoms with Crippen LogP contribution in [0.2, 0.25) is 0 Å². The first-order chi connectivity index (χ1) is 7.02. The van der Waals surface area contributed by atoms with Crippen molar-refractivity contribution >= 4 is 0 Å². The fourth-order valence-electron chi connectivity index (χ4n) is 2.19. The fraction of sp³-hybridized carbons (Fsp3) is 0.909. The average molecular weight is 211 g/mol. The summed E-state index contributed by atoms with van der Waals surface area (Å²) in [6.07, 6.45) is 0.608. The molecule has 0 bridgehead atoms. The van der Waals surface area contributed by atoms with Gasteiger partial charge in [-0.2, -0.15) is 5.26 Å². The Labute approximate surface area is 92.1 Å². The topological polar surface area (TPSA) is 50.5 Å². The van der Waals surface area contributed by atoms with Crippen molar-refractivity contribution in [3.63, 3.8) is 0 Å². The van der Waals surface area contributed by atoms with Gasteiger partial charge in [-0.15, -0.1) is 0 Å². The van der Waals surface area contributed by atoms with Crippen molar-refractivity contribution in [2.75, 3.05) is 33.7 Å². The lowest BCUT2D eigenvalue weighted by molar-refractivity contribution is 0.168. The summed E-state index contributed by atoms with van der Waals surface area (Å²) in [4.78, 5) is 4.37. The molecule has 0 amide bonds. The molecule has 4 heteroatoms. The number of rotatable bonds is 4. The summed E-state index contributed by atoms with van der Waals surface area (Å²) in [5.41, 5.74) is 0. The van der Waals surface area contributed by atoms with Crippen LogP contribution >= 0.6 is 0 Å². The average Bonchev–Trinajstić information content (AvgIpc) is 2.45. The Hall–Kier alpha value is -0.630. The number of likely N-dealkylation sites (N-methyl/N-ethyl adjacent to an activating group) is 1. The minimum atomic E-state index is -0.221. The summed E-state index contributed by atoms with van der Waals surface area (Å²) < 4.78 is 0. The summed E-state index contributed by atoms with van der Waals surface area (Å²) in [6, 6.07) is 2.64. The molecule has 1 fully saturated rings. The van der Waals surface area contributed by atoms with Gasteiger partial charge in [0.15, 0.2) is 0 Å². The quantitative estimate of drug-likeness (QED) is 0.719. The highest BCUT2D eigenvalue weighted by molar-refractivity contribution is 4.90. The zero-order chi connectivity index (χ0) is 11.4. The Balaban J connectivity index is 2.49. The van der Waals surface area contributed by atoms with Crippen molar-refractivity contribution in [2.45, 2.75) is 25.5 Å². The van der Waals surface area contributed by atoms with Crippen molar-refractivity contribution in [3.8, 4) is 6.07 Å². The molecule has 1 aliphatic rings. The van der Waals surface area contributed by atoms with E-state index in [2.05, 4.69) is 15.9 Å². The number of aliphatic hydroxyl groups excluding tert-OH is 1. The maximum absolute atomic E-state index is 9.63. The molecule has 1 aliphatic heterocycles. The van der Waals surface area contributed by atoms with E-state index in [0.717, 1.165) is 19.5 Å². The van der Waals surface area contributed by atoms with Crippen LogP contribution in [0.5, 0.6) is 0 Å². The van der Waals surface area contributed by atoms with E-state index in [1.54, 1.807) is 0 Å². The molecule has 1 saturated heterocycles. The van der Waals surface area contributed by atoms with E-state index in [-0.39, 0.29) is 12.0 Å². The monoisotopic (exact) mass is 211 g/mol. The van der Waals surface area contributed by atoms with Crippen LogP contribution in [0.1, 0.15) is 13.3 Å². The summed E-state index contributed by atoms with van der Waals surface area (Å²) in [7, 11) is 4.08. The van der Waals surface area contributed by atoms with Gasteiger partial charge in [0, 0.05) is 25.7 Å². The standard InChI is InChI=1S/C11H21N3O/c1-9(5-12)6-14-8-11(15)4-10(14)7-13(2)3/h9-11,15H,4,6-8H2,1-3H3. The van der Waals surface area contributed by atoms with E-state index in [1.807, 2.05) is 21.0 Å². The van der Waals surface area contributed by atoms with Gasteiger partial charge in [-0.05, 0) is 27.4 Å². The molecule has 0 spiro atoms. The van der Waals surface area contributed by atoms with Crippen LogP contribution in [0.15, 0.2) is 0 Å². The third-order valence-corrected chi connectivity index (χ3v) is 2.81. The van der Waals surface area contributed by atoms with E-state index < -0.39 is 0 Å². The Bertz CT molecular complexity index is 236. The second-order valence-corrected chi connectivity index (χ2v) is 4.79. The maximum Gasteiger partial charge on any atom is 0.0682 e. The zero-order valence-corrected chi connectivity index (χ0v) is 9.85. The molecule has 0 radical (unpaired) electrons. The molecule has 86 valence electrons. The fourth-order valence-corrected chi connectivity index (χ4v) is 2.19. The molecule has 3 unspecified atom stereocenters. The summed E-state index contributed by atoms with van der Waals surface area (Å²) in [5, 5.41) is 18.4. The van der Waals surface area contributed by atoms with Gasteiger partial charge in [0.1, 0.15) is 0 Å². The smallest absolute Gasteiger partial charge is 0.0682 e. The van der Waals surface area contributed by atoms with Crippen molar-refractivity contribution < 1.29 is 5.11 Å². The molecule has 0 aromatic carbocycles. The highest BCUT2D eigenvalue weighted by Crippen LogP contribution is 2.19. The molecule has 0 aromatic heterocycles. The third-order valence-electron chi connectivity index (χ3n) is 2.81. The van der Waals surface area contributed by atoms with Gasteiger partial charge < -0.3 is 10.0 Å². The highest BCUT2D eigenvalue weighted by Gasteiger charge is 2.31. The first-order valence-electron chi connectivity index (χ1n) is 5.49. The largest absolute Gasteiger partial charge is 0.392 e. The number of hydrogen-bond acceptors (Lipinski definition) is 4. The van der Waals surface area contributed by atoms with E-state index in [4.69, 9.17) is 5.26 Å². The van der Waals surface area contributed by atoms with Crippen molar-refractivity contribution in [1.82, 2.24) is 9.80 Å². The Kier molecular flexibility index (Phi) is 4.52. The van der Waals surface area contributed by atoms with Crippen LogP contribution in [0.25, 0.3) is 0 Å². The molecule has 1 rings (SSSR count). The van der Waals surface area contributed by atoms with E-state index >= 15 is 0 Å². The van der Waals surface area contributed by atoms with Crippen molar-refractivity contribution in [1.29, 1.82) is 5.26 Å². The molecule has 4 nitrogen and oxygen atoms in total. The van der Waals surface area contributed by atoms with Gasteiger partial charge in [0.2, 0.25) is 0 Å². The van der Waals surface area contributed by atoms with Crippen LogP contribution in [0.4, 0.5) is 0 Å². The lowest BCUT2D eigenvalue weighted by Crippen LogP contribution is -2.39. The van der Waals surface area contributed by atoms with Crippen LogP contribution < -0.4 is 0 Å². The van der Waals surface area contributed by atoms with Gasteiger partial charge in [0.25, 0.3) is 0 Å². The summed E-state index contributed by atoms with van der Waals surface area (Å²) in [6.45, 7) is 4.36. The minimum Gasteiger partial charge on any atom is -0.392 e. The second kappa shape index (κ2) is 5.45. The molecular formula is C11H21N3O. The predicted molar refractivity (Wildman–Crippen MR) is 59.3 cm³/mol. The molecule has 0 aliphatic carbocycles. The number of β-amino-alcohol motifs (C(OH)–C–C–N with tert-alkyl or cyclic N) is 1. The molecule has 1 N–H and O–H groups in total. The molecule has 1 heterocycles. The zero-order valence-electron chi connectivity index (χ0n) is 9.85. The minimum absolute atomic E-state index is 0.0416.